The number of amides is 2. The van der Waals surface area contributed by atoms with Gasteiger partial charge in [-0.3, -0.25) is 14.6 Å². The molecule has 1 aliphatic heterocycles. The zero-order valence-corrected chi connectivity index (χ0v) is 18.6. The lowest BCUT2D eigenvalue weighted by molar-refractivity contribution is -0.126. The first-order chi connectivity index (χ1) is 15.5. The lowest BCUT2D eigenvalue weighted by atomic mass is 9.94. The molecule has 0 bridgehead atoms. The minimum atomic E-state index is -0.324. The highest BCUT2D eigenvalue weighted by atomic mass is 16.2. The van der Waals surface area contributed by atoms with Crippen LogP contribution >= 0.6 is 0 Å². The Kier molecular flexibility index (Phi) is 6.64. The van der Waals surface area contributed by atoms with E-state index in [0.29, 0.717) is 18.7 Å². The van der Waals surface area contributed by atoms with E-state index in [1.165, 1.54) is 0 Å². The largest absolute Gasteiger partial charge is 0.343 e. The highest BCUT2D eigenvalue weighted by Crippen LogP contribution is 2.24. The van der Waals surface area contributed by atoms with Gasteiger partial charge in [-0.1, -0.05) is 53.6 Å². The third-order valence-electron chi connectivity index (χ3n) is 5.95. The van der Waals surface area contributed by atoms with Gasteiger partial charge >= 0.3 is 0 Å². The first-order valence-electron chi connectivity index (χ1n) is 11.1. The molecule has 0 unspecified atom stereocenters. The van der Waals surface area contributed by atoms with E-state index in [1.54, 1.807) is 6.20 Å². The van der Waals surface area contributed by atoms with Crippen molar-refractivity contribution in [3.8, 4) is 0 Å². The van der Waals surface area contributed by atoms with Crippen molar-refractivity contribution in [3.05, 3.63) is 101 Å². The van der Waals surface area contributed by atoms with Crippen molar-refractivity contribution in [2.75, 3.05) is 13.1 Å². The lowest BCUT2D eigenvalue weighted by Crippen LogP contribution is -2.46. The summed E-state index contributed by atoms with van der Waals surface area (Å²) in [5.74, 6) is -0.283. The van der Waals surface area contributed by atoms with Gasteiger partial charge in [0.15, 0.2) is 0 Å². The summed E-state index contributed by atoms with van der Waals surface area (Å²) in [6, 6.07) is 21.2. The summed E-state index contributed by atoms with van der Waals surface area (Å²) < 4.78 is 0. The molecule has 0 spiro atoms. The maximum atomic E-state index is 13.3. The van der Waals surface area contributed by atoms with Gasteiger partial charge in [0.1, 0.15) is 0 Å². The van der Waals surface area contributed by atoms with Crippen molar-refractivity contribution in [2.45, 2.75) is 32.7 Å². The third-order valence-corrected chi connectivity index (χ3v) is 5.95. The molecule has 2 heterocycles. The van der Waals surface area contributed by atoms with Crippen molar-refractivity contribution in [1.82, 2.24) is 15.2 Å². The number of hydrogen-bond donors (Lipinski definition) is 1. The van der Waals surface area contributed by atoms with Crippen LogP contribution in [0.2, 0.25) is 0 Å². The Labute approximate surface area is 189 Å². The minimum absolute atomic E-state index is 0.00126. The number of nitrogens with zero attached hydrogens (tertiary/aromatic N) is 2. The number of rotatable bonds is 5. The molecule has 2 atom stereocenters. The fourth-order valence-corrected chi connectivity index (χ4v) is 4.44. The summed E-state index contributed by atoms with van der Waals surface area (Å²) in [5, 5.41) is 3.20. The number of benzene rings is 2. The number of piperidine rings is 1. The minimum Gasteiger partial charge on any atom is -0.343 e. The Morgan fingerprint density at radius 2 is 1.72 bits per heavy atom. The lowest BCUT2D eigenvalue weighted by Gasteiger charge is -2.33. The number of aryl methyl sites for hydroxylation is 2. The molecular formula is C27H29N3O2. The Hall–Kier alpha value is -3.47. The normalized spacial score (nSPS) is 16.9. The molecule has 5 nitrogen and oxygen atoms in total. The van der Waals surface area contributed by atoms with E-state index < -0.39 is 0 Å². The van der Waals surface area contributed by atoms with Crippen molar-refractivity contribution in [3.63, 3.8) is 0 Å². The molecule has 0 saturated carbocycles. The summed E-state index contributed by atoms with van der Waals surface area (Å²) in [6.45, 7) is 5.11. The smallest absolute Gasteiger partial charge is 0.253 e. The van der Waals surface area contributed by atoms with Gasteiger partial charge in [0, 0.05) is 24.8 Å². The molecular weight excluding hydrogens is 398 g/mol. The predicted molar refractivity (Wildman–Crippen MR) is 125 cm³/mol. The molecule has 1 aliphatic rings. The zero-order valence-electron chi connectivity index (χ0n) is 18.6. The van der Waals surface area contributed by atoms with Gasteiger partial charge in [-0.2, -0.15) is 0 Å². The highest BCUT2D eigenvalue weighted by molar-refractivity contribution is 5.95. The summed E-state index contributed by atoms with van der Waals surface area (Å²) in [5.41, 5.74) is 4.62. The number of hydrogen-bond acceptors (Lipinski definition) is 3. The van der Waals surface area contributed by atoms with E-state index in [-0.39, 0.29) is 23.8 Å². The number of likely N-dealkylation sites (tertiary alicyclic amines) is 1. The van der Waals surface area contributed by atoms with Gasteiger partial charge in [0.2, 0.25) is 5.91 Å². The third kappa shape index (κ3) is 5.05. The molecule has 1 aromatic heterocycles. The number of carbonyl (C=O) groups excluding carboxylic acids is 2. The van der Waals surface area contributed by atoms with E-state index in [4.69, 9.17) is 0 Å². The number of pyridine rings is 1. The first-order valence-corrected chi connectivity index (χ1v) is 11.1. The van der Waals surface area contributed by atoms with Crippen LogP contribution < -0.4 is 5.32 Å². The van der Waals surface area contributed by atoms with Crippen LogP contribution in [-0.4, -0.2) is 34.8 Å². The quantitative estimate of drug-likeness (QED) is 0.654. The molecule has 1 fully saturated rings. The van der Waals surface area contributed by atoms with Crippen molar-refractivity contribution in [1.29, 1.82) is 0 Å². The zero-order chi connectivity index (χ0) is 22.5. The topological polar surface area (TPSA) is 62.3 Å². The molecule has 0 radical (unpaired) electrons. The molecule has 3 aromatic rings. The average molecular weight is 428 g/mol. The van der Waals surface area contributed by atoms with Crippen LogP contribution in [0, 0.1) is 19.8 Å². The number of carbonyl (C=O) groups is 2. The molecule has 5 heteroatoms. The fraction of sp³-hybridized carbons (Fsp3) is 0.296. The molecule has 4 rings (SSSR count). The van der Waals surface area contributed by atoms with Gasteiger partial charge in [0.25, 0.3) is 5.91 Å². The van der Waals surface area contributed by atoms with Crippen molar-refractivity contribution >= 4 is 11.8 Å². The summed E-state index contributed by atoms with van der Waals surface area (Å²) in [7, 11) is 0. The predicted octanol–water partition coefficient (Wildman–Crippen LogP) is 4.46. The van der Waals surface area contributed by atoms with Gasteiger partial charge in [0.05, 0.1) is 17.7 Å². The first kappa shape index (κ1) is 21.8. The second kappa shape index (κ2) is 9.77. The van der Waals surface area contributed by atoms with Gasteiger partial charge in [-0.25, -0.2) is 0 Å². The van der Waals surface area contributed by atoms with E-state index in [1.807, 2.05) is 79.4 Å². The molecule has 2 amide bonds. The second-order valence-corrected chi connectivity index (χ2v) is 8.57. The van der Waals surface area contributed by atoms with Crippen LogP contribution in [0.15, 0.2) is 72.9 Å². The van der Waals surface area contributed by atoms with Crippen LogP contribution in [0.4, 0.5) is 0 Å². The fourth-order valence-electron chi connectivity index (χ4n) is 4.44. The molecule has 164 valence electrons. The molecule has 1 saturated heterocycles. The van der Waals surface area contributed by atoms with Crippen LogP contribution in [-0.2, 0) is 4.79 Å². The van der Waals surface area contributed by atoms with E-state index in [9.17, 15) is 9.59 Å². The van der Waals surface area contributed by atoms with E-state index in [0.717, 1.165) is 35.2 Å². The monoisotopic (exact) mass is 427 g/mol. The Morgan fingerprint density at radius 3 is 2.41 bits per heavy atom. The molecule has 0 aliphatic carbocycles. The Morgan fingerprint density at radius 1 is 1.00 bits per heavy atom. The molecule has 1 N–H and O–H groups in total. The SMILES string of the molecule is Cc1cc(C)cc(C(=O)N2CCC[C@@H](C(=O)N[C@@H](c3ccccc3)c3ccccn3)C2)c1. The standard InChI is InChI=1S/C27H29N3O2/c1-19-15-20(2)17-23(16-19)27(32)30-14-8-11-22(18-30)26(31)29-25(21-9-4-3-5-10-21)24-12-6-7-13-28-24/h3-7,9-10,12-13,15-17,22,25H,8,11,14,18H2,1-2H3,(H,29,31)/t22-,25+/m1/s1. The van der Waals surface area contributed by atoms with Crippen LogP contribution in [0.25, 0.3) is 0 Å². The summed E-state index contributed by atoms with van der Waals surface area (Å²) in [6.07, 6.45) is 3.32. The summed E-state index contributed by atoms with van der Waals surface area (Å²) >= 11 is 0. The number of aromatic nitrogens is 1. The van der Waals surface area contributed by atoms with Gasteiger partial charge in [-0.05, 0) is 56.5 Å². The van der Waals surface area contributed by atoms with Crippen molar-refractivity contribution < 1.29 is 9.59 Å². The molecule has 2 aromatic carbocycles. The van der Waals surface area contributed by atoms with E-state index in [2.05, 4.69) is 16.4 Å². The maximum absolute atomic E-state index is 13.3. The Bertz CT molecular complexity index is 1020. The van der Waals surface area contributed by atoms with Crippen LogP contribution in [0.3, 0.4) is 0 Å². The second-order valence-electron chi connectivity index (χ2n) is 8.57. The van der Waals surface area contributed by atoms with Gasteiger partial charge in [-0.15, -0.1) is 0 Å². The van der Waals surface area contributed by atoms with E-state index >= 15 is 0 Å². The molecule has 32 heavy (non-hydrogen) atoms. The summed E-state index contributed by atoms with van der Waals surface area (Å²) in [4.78, 5) is 32.7. The van der Waals surface area contributed by atoms with Crippen molar-refractivity contribution in [2.24, 2.45) is 5.92 Å². The van der Waals surface area contributed by atoms with Crippen LogP contribution in [0.5, 0.6) is 0 Å². The Balaban J connectivity index is 1.50. The number of nitrogens with one attached hydrogen (secondary N) is 1. The van der Waals surface area contributed by atoms with Crippen LogP contribution in [0.1, 0.15) is 51.6 Å². The maximum Gasteiger partial charge on any atom is 0.253 e. The average Bonchev–Trinajstić information content (AvgIpc) is 2.82. The highest BCUT2D eigenvalue weighted by Gasteiger charge is 2.31. The van der Waals surface area contributed by atoms with Gasteiger partial charge < -0.3 is 10.2 Å².